The van der Waals surface area contributed by atoms with E-state index in [1.54, 1.807) is 6.26 Å². The summed E-state index contributed by atoms with van der Waals surface area (Å²) in [7, 11) is 0. The highest BCUT2D eigenvalue weighted by molar-refractivity contribution is 8.14. The van der Waals surface area contributed by atoms with Gasteiger partial charge in [0.25, 0.3) is 5.91 Å². The first kappa shape index (κ1) is 13.0. The number of thioether (sulfide) groups is 2. The van der Waals surface area contributed by atoms with Gasteiger partial charge in [-0.05, 0) is 11.8 Å². The summed E-state index contributed by atoms with van der Waals surface area (Å²) in [4.78, 5) is 23.2. The summed E-state index contributed by atoms with van der Waals surface area (Å²) in [5, 5.41) is 3.25. The van der Waals surface area contributed by atoms with Crippen LogP contribution in [0.3, 0.4) is 0 Å². The Balaban J connectivity index is 2.33. The van der Waals surface area contributed by atoms with E-state index in [0.717, 1.165) is 17.3 Å². The molecule has 0 bridgehead atoms. The van der Waals surface area contributed by atoms with Gasteiger partial charge in [-0.3, -0.25) is 9.59 Å². The van der Waals surface area contributed by atoms with E-state index in [4.69, 9.17) is 5.73 Å². The fraction of sp³-hybridized carbons (Fsp3) is 0.167. The molecule has 0 aliphatic carbocycles. The third kappa shape index (κ3) is 2.54. The van der Waals surface area contributed by atoms with Crippen LogP contribution >= 0.6 is 23.5 Å². The summed E-state index contributed by atoms with van der Waals surface area (Å²) in [5.41, 5.74) is 6.27. The van der Waals surface area contributed by atoms with Crippen molar-refractivity contribution < 1.29 is 9.59 Å². The van der Waals surface area contributed by atoms with Gasteiger partial charge < -0.3 is 11.1 Å². The van der Waals surface area contributed by atoms with Crippen molar-refractivity contribution >= 4 is 34.5 Å². The number of benzene rings is 1. The topological polar surface area (TPSA) is 72.2 Å². The Morgan fingerprint density at radius 1 is 1.39 bits per heavy atom. The fourth-order valence-corrected chi connectivity index (χ4v) is 3.41. The fourth-order valence-electron chi connectivity index (χ4n) is 1.63. The zero-order chi connectivity index (χ0) is 13.1. The Bertz CT molecular complexity index is 514. The summed E-state index contributed by atoms with van der Waals surface area (Å²) in [6.45, 7) is 0. The molecule has 1 aliphatic rings. The number of hydrogen-bond acceptors (Lipinski definition) is 5. The largest absolute Gasteiger partial charge is 0.365 e. The van der Waals surface area contributed by atoms with Crippen LogP contribution in [0.4, 0.5) is 0 Å². The molecule has 0 saturated carbocycles. The number of primary amides is 1. The van der Waals surface area contributed by atoms with E-state index in [-0.39, 0.29) is 16.1 Å². The minimum Gasteiger partial charge on any atom is -0.365 e. The molecular formula is C12H12N2O2S2. The lowest BCUT2D eigenvalue weighted by Gasteiger charge is -2.26. The molecule has 1 unspecified atom stereocenters. The number of nitrogens with two attached hydrogens (primary N) is 1. The van der Waals surface area contributed by atoms with E-state index in [0.29, 0.717) is 5.03 Å². The minimum absolute atomic E-state index is 0.0553. The van der Waals surface area contributed by atoms with Gasteiger partial charge in [0, 0.05) is 0 Å². The van der Waals surface area contributed by atoms with Crippen LogP contribution in [-0.2, 0) is 9.59 Å². The SMILES string of the molecule is CSC1=C(C(N)=O)C(=O)SC(c2ccccc2)N1. The summed E-state index contributed by atoms with van der Waals surface area (Å²) >= 11 is 2.39. The van der Waals surface area contributed by atoms with Gasteiger partial charge in [-0.15, -0.1) is 11.8 Å². The first-order valence-corrected chi connectivity index (χ1v) is 7.34. The highest BCUT2D eigenvalue weighted by Crippen LogP contribution is 2.37. The van der Waals surface area contributed by atoms with Gasteiger partial charge in [0.2, 0.25) is 5.12 Å². The average molecular weight is 280 g/mol. The standard InChI is InChI=1S/C12H12N2O2S2/c1-17-11-8(9(13)15)12(16)18-10(14-11)7-5-3-2-4-6-7/h2-6,10,14H,1H3,(H2,13,15). The zero-order valence-corrected chi connectivity index (χ0v) is 11.3. The summed E-state index contributed by atoms with van der Waals surface area (Å²) in [6.07, 6.45) is 1.80. The quantitative estimate of drug-likeness (QED) is 0.823. The number of carbonyl (C=O) groups excluding carboxylic acids is 2. The van der Waals surface area contributed by atoms with Crippen LogP contribution in [0.15, 0.2) is 40.9 Å². The molecule has 6 heteroatoms. The van der Waals surface area contributed by atoms with Crippen molar-refractivity contribution in [3.63, 3.8) is 0 Å². The molecule has 0 radical (unpaired) electrons. The Kier molecular flexibility index (Phi) is 3.98. The molecule has 0 fully saturated rings. The van der Waals surface area contributed by atoms with E-state index in [1.165, 1.54) is 11.8 Å². The first-order chi connectivity index (χ1) is 8.63. The number of nitrogens with one attached hydrogen (secondary N) is 1. The average Bonchev–Trinajstić information content (AvgIpc) is 2.38. The molecule has 0 saturated heterocycles. The molecule has 1 atom stereocenters. The van der Waals surface area contributed by atoms with Gasteiger partial charge in [-0.1, -0.05) is 42.1 Å². The second kappa shape index (κ2) is 5.49. The molecular weight excluding hydrogens is 268 g/mol. The van der Waals surface area contributed by atoms with Gasteiger partial charge in [0.1, 0.15) is 10.9 Å². The van der Waals surface area contributed by atoms with Crippen molar-refractivity contribution in [2.45, 2.75) is 5.37 Å². The highest BCUT2D eigenvalue weighted by Gasteiger charge is 2.31. The maximum atomic E-state index is 11.9. The molecule has 4 nitrogen and oxygen atoms in total. The molecule has 1 aromatic rings. The Morgan fingerprint density at radius 3 is 2.61 bits per heavy atom. The van der Waals surface area contributed by atoms with Gasteiger partial charge in [0.05, 0.1) is 5.03 Å². The molecule has 1 amide bonds. The molecule has 2 rings (SSSR count). The van der Waals surface area contributed by atoms with Crippen LogP contribution in [0, 0.1) is 0 Å². The van der Waals surface area contributed by atoms with Crippen molar-refractivity contribution in [1.82, 2.24) is 5.32 Å². The Hall–Kier alpha value is -1.40. The lowest BCUT2D eigenvalue weighted by atomic mass is 10.2. The van der Waals surface area contributed by atoms with Gasteiger partial charge in [0.15, 0.2) is 0 Å². The molecule has 1 aromatic carbocycles. The van der Waals surface area contributed by atoms with Crippen LogP contribution in [0.1, 0.15) is 10.9 Å². The molecule has 18 heavy (non-hydrogen) atoms. The molecule has 94 valence electrons. The van der Waals surface area contributed by atoms with Crippen LogP contribution in [0.2, 0.25) is 0 Å². The number of hydrogen-bond donors (Lipinski definition) is 2. The van der Waals surface area contributed by atoms with E-state index in [9.17, 15) is 9.59 Å². The maximum absolute atomic E-state index is 11.9. The summed E-state index contributed by atoms with van der Waals surface area (Å²) < 4.78 is 0. The van der Waals surface area contributed by atoms with Gasteiger partial charge in [-0.25, -0.2) is 0 Å². The van der Waals surface area contributed by atoms with E-state index >= 15 is 0 Å². The maximum Gasteiger partial charge on any atom is 0.255 e. The normalized spacial score (nSPS) is 19.6. The molecule has 1 aliphatic heterocycles. The number of amides is 1. The monoisotopic (exact) mass is 280 g/mol. The number of carbonyl (C=O) groups is 2. The predicted molar refractivity (Wildman–Crippen MR) is 74.7 cm³/mol. The van der Waals surface area contributed by atoms with E-state index in [1.807, 2.05) is 30.3 Å². The number of rotatable bonds is 3. The first-order valence-electron chi connectivity index (χ1n) is 5.24. The van der Waals surface area contributed by atoms with Crippen LogP contribution < -0.4 is 11.1 Å². The van der Waals surface area contributed by atoms with Crippen molar-refractivity contribution in [2.75, 3.05) is 6.26 Å². The zero-order valence-electron chi connectivity index (χ0n) is 9.67. The van der Waals surface area contributed by atoms with E-state index in [2.05, 4.69) is 5.32 Å². The Labute approximate surface area is 113 Å². The molecule has 3 N–H and O–H groups in total. The van der Waals surface area contributed by atoms with Crippen LogP contribution in [0.5, 0.6) is 0 Å². The summed E-state index contributed by atoms with van der Waals surface area (Å²) in [5.74, 6) is -0.684. The van der Waals surface area contributed by atoms with Crippen molar-refractivity contribution in [1.29, 1.82) is 0 Å². The third-order valence-electron chi connectivity index (χ3n) is 2.47. The predicted octanol–water partition coefficient (Wildman–Crippen LogP) is 1.61. The minimum atomic E-state index is -0.684. The van der Waals surface area contributed by atoms with Crippen LogP contribution in [-0.4, -0.2) is 17.3 Å². The third-order valence-corrected chi connectivity index (χ3v) is 4.25. The smallest absolute Gasteiger partial charge is 0.255 e. The van der Waals surface area contributed by atoms with Gasteiger partial charge in [-0.2, -0.15) is 0 Å². The highest BCUT2D eigenvalue weighted by atomic mass is 32.2. The van der Waals surface area contributed by atoms with Crippen molar-refractivity contribution in [2.24, 2.45) is 5.73 Å². The van der Waals surface area contributed by atoms with Crippen molar-refractivity contribution in [3.05, 3.63) is 46.5 Å². The van der Waals surface area contributed by atoms with E-state index < -0.39 is 5.91 Å². The molecule has 1 heterocycles. The van der Waals surface area contributed by atoms with Crippen LogP contribution in [0.25, 0.3) is 0 Å². The second-order valence-electron chi connectivity index (χ2n) is 3.61. The van der Waals surface area contributed by atoms with Gasteiger partial charge >= 0.3 is 0 Å². The second-order valence-corrected chi connectivity index (χ2v) is 5.51. The Morgan fingerprint density at radius 2 is 2.06 bits per heavy atom. The van der Waals surface area contributed by atoms with Crippen molar-refractivity contribution in [3.8, 4) is 0 Å². The molecule has 0 aromatic heterocycles. The summed E-state index contributed by atoms with van der Waals surface area (Å²) in [6, 6.07) is 9.61. The molecule has 0 spiro atoms. The lowest BCUT2D eigenvalue weighted by Crippen LogP contribution is -2.32. The lowest BCUT2D eigenvalue weighted by molar-refractivity contribution is -0.117.